The molecular formula is C16H22O3P-. The average Bonchev–Trinajstić information content (AvgIpc) is 2.92. The van der Waals surface area contributed by atoms with Gasteiger partial charge >= 0.3 is 0 Å². The summed E-state index contributed by atoms with van der Waals surface area (Å²) < 4.78 is 11.2. The van der Waals surface area contributed by atoms with E-state index in [4.69, 9.17) is 9.47 Å². The minimum absolute atomic E-state index is 0.129. The molecule has 1 aromatic rings. The molecule has 1 fully saturated rings. The Morgan fingerprint density at radius 2 is 1.70 bits per heavy atom. The van der Waals surface area contributed by atoms with Crippen molar-refractivity contribution in [2.24, 2.45) is 0 Å². The standard InChI is InChI=1S/C16H23O3P/c1-3-18-13-10-7-11-14(19-4-2)15(13)16(17)20-12-8-5-6-9-12/h7,10-12,17H,3-6,8-9H2,1-2H3/p-1. The second-order valence-electron chi connectivity index (χ2n) is 4.87. The highest BCUT2D eigenvalue weighted by atomic mass is 31.1. The van der Waals surface area contributed by atoms with Crippen molar-refractivity contribution in [1.82, 2.24) is 0 Å². The molecule has 110 valence electrons. The van der Waals surface area contributed by atoms with Crippen molar-refractivity contribution in [2.45, 2.75) is 45.2 Å². The first-order valence-electron chi connectivity index (χ1n) is 7.40. The summed E-state index contributed by atoms with van der Waals surface area (Å²) >= 11 is 0. The van der Waals surface area contributed by atoms with Gasteiger partial charge in [0.25, 0.3) is 0 Å². The van der Waals surface area contributed by atoms with Gasteiger partial charge in [-0.15, -0.1) is 13.7 Å². The molecule has 0 N–H and O–H groups in total. The number of hydrogen-bond donors (Lipinski definition) is 0. The number of benzene rings is 1. The maximum atomic E-state index is 12.6. The Morgan fingerprint density at radius 1 is 1.15 bits per heavy atom. The molecule has 0 aliphatic heterocycles. The van der Waals surface area contributed by atoms with Gasteiger partial charge in [0.05, 0.1) is 13.2 Å². The van der Waals surface area contributed by atoms with Crippen molar-refractivity contribution in [2.75, 3.05) is 13.2 Å². The van der Waals surface area contributed by atoms with E-state index in [2.05, 4.69) is 0 Å². The lowest BCUT2D eigenvalue weighted by Crippen LogP contribution is -2.20. The van der Waals surface area contributed by atoms with Crippen LogP contribution in [-0.4, -0.2) is 24.4 Å². The Balaban J connectivity index is 2.34. The van der Waals surface area contributed by atoms with Gasteiger partial charge in [0.1, 0.15) is 11.5 Å². The topological polar surface area (TPSA) is 41.5 Å². The lowest BCUT2D eigenvalue weighted by Gasteiger charge is -2.21. The molecule has 4 heteroatoms. The Hall–Kier alpha value is -1.05. The van der Waals surface area contributed by atoms with Gasteiger partial charge in [0, 0.05) is 5.56 Å². The molecule has 3 nitrogen and oxygen atoms in total. The van der Waals surface area contributed by atoms with Crippen LogP contribution >= 0.6 is 8.20 Å². The summed E-state index contributed by atoms with van der Waals surface area (Å²) in [4.78, 5) is 0. The van der Waals surface area contributed by atoms with Crippen LogP contribution in [0.4, 0.5) is 0 Å². The zero-order chi connectivity index (χ0) is 14.4. The molecule has 0 spiro atoms. The van der Waals surface area contributed by atoms with E-state index in [0.717, 1.165) is 21.0 Å². The molecule has 2 rings (SSSR count). The fraction of sp³-hybridized carbons (Fsp3) is 0.562. The molecule has 0 saturated heterocycles. The van der Waals surface area contributed by atoms with Gasteiger partial charge < -0.3 is 14.6 Å². The van der Waals surface area contributed by atoms with Crippen molar-refractivity contribution >= 4 is 13.7 Å². The van der Waals surface area contributed by atoms with Crippen molar-refractivity contribution in [3.63, 3.8) is 0 Å². The van der Waals surface area contributed by atoms with Gasteiger partial charge in [-0.3, -0.25) is 0 Å². The predicted octanol–water partition coefficient (Wildman–Crippen LogP) is 3.21. The molecular weight excluding hydrogens is 271 g/mol. The van der Waals surface area contributed by atoms with Gasteiger partial charge in [-0.05, 0) is 44.5 Å². The fourth-order valence-corrected chi connectivity index (χ4v) is 3.84. The summed E-state index contributed by atoms with van der Waals surface area (Å²) in [6.45, 7) is 4.96. The predicted molar refractivity (Wildman–Crippen MR) is 82.1 cm³/mol. The highest BCUT2D eigenvalue weighted by Gasteiger charge is 2.15. The maximum Gasteiger partial charge on any atom is 0.129 e. The summed E-state index contributed by atoms with van der Waals surface area (Å²) in [6.07, 6.45) is 4.81. The summed E-state index contributed by atoms with van der Waals surface area (Å²) in [6, 6.07) is 5.58. The molecule has 0 aromatic heterocycles. The molecule has 0 atom stereocenters. The first kappa shape index (κ1) is 15.3. The van der Waals surface area contributed by atoms with Crippen LogP contribution in [0.1, 0.15) is 45.1 Å². The van der Waals surface area contributed by atoms with Crippen LogP contribution in [0.2, 0.25) is 0 Å². The first-order chi connectivity index (χ1) is 9.76. The van der Waals surface area contributed by atoms with Crippen LogP contribution in [0.3, 0.4) is 0 Å². The molecule has 0 amide bonds. The summed E-state index contributed by atoms with van der Waals surface area (Å²) in [5.41, 5.74) is 1.25. The molecule has 0 bridgehead atoms. The molecule has 0 heterocycles. The van der Waals surface area contributed by atoms with Crippen molar-refractivity contribution in [3.05, 3.63) is 23.8 Å². The third kappa shape index (κ3) is 3.74. The van der Waals surface area contributed by atoms with E-state index in [9.17, 15) is 5.11 Å². The Labute approximate surface area is 122 Å². The first-order valence-corrected chi connectivity index (χ1v) is 8.36. The third-order valence-electron chi connectivity index (χ3n) is 3.43. The Bertz CT molecular complexity index is 441. The third-order valence-corrected chi connectivity index (χ3v) is 4.77. The lowest BCUT2D eigenvalue weighted by atomic mass is 10.2. The highest BCUT2D eigenvalue weighted by molar-refractivity contribution is 7.41. The SMILES string of the molecule is CCOc1cccc(OCC)c1C([O-])=PC1CCCC1. The van der Waals surface area contributed by atoms with Gasteiger partial charge in [-0.25, -0.2) is 0 Å². The van der Waals surface area contributed by atoms with Crippen LogP contribution in [0.5, 0.6) is 11.5 Å². The molecule has 1 saturated carbocycles. The maximum absolute atomic E-state index is 12.6. The minimum Gasteiger partial charge on any atom is -0.823 e. The zero-order valence-corrected chi connectivity index (χ0v) is 13.1. The van der Waals surface area contributed by atoms with Crippen LogP contribution in [0.25, 0.3) is 0 Å². The molecule has 1 aliphatic rings. The van der Waals surface area contributed by atoms with E-state index in [-0.39, 0.29) is 5.48 Å². The molecule has 20 heavy (non-hydrogen) atoms. The van der Waals surface area contributed by atoms with Crippen LogP contribution in [0.15, 0.2) is 18.2 Å². The summed E-state index contributed by atoms with van der Waals surface area (Å²) in [7, 11) is 0.891. The second-order valence-corrected chi connectivity index (χ2v) is 6.26. The largest absolute Gasteiger partial charge is 0.823 e. The summed E-state index contributed by atoms with van der Waals surface area (Å²) in [5.74, 6) is 1.29. The van der Waals surface area contributed by atoms with Gasteiger partial charge in [0.2, 0.25) is 0 Å². The minimum atomic E-state index is 0.129. The number of hydrogen-bond acceptors (Lipinski definition) is 3. The van der Waals surface area contributed by atoms with Crippen molar-refractivity contribution in [1.29, 1.82) is 0 Å². The Kier molecular flexibility index (Phi) is 5.87. The monoisotopic (exact) mass is 293 g/mol. The van der Waals surface area contributed by atoms with Crippen LogP contribution in [0, 0.1) is 0 Å². The Morgan fingerprint density at radius 3 is 2.20 bits per heavy atom. The van der Waals surface area contributed by atoms with E-state index in [0.29, 0.717) is 35.9 Å². The van der Waals surface area contributed by atoms with E-state index < -0.39 is 0 Å². The zero-order valence-electron chi connectivity index (χ0n) is 12.2. The van der Waals surface area contributed by atoms with E-state index in [1.54, 1.807) is 0 Å². The van der Waals surface area contributed by atoms with E-state index >= 15 is 0 Å². The van der Waals surface area contributed by atoms with Crippen molar-refractivity contribution < 1.29 is 14.6 Å². The van der Waals surface area contributed by atoms with Crippen molar-refractivity contribution in [3.8, 4) is 11.5 Å². The van der Waals surface area contributed by atoms with Gasteiger partial charge in [-0.1, -0.05) is 18.9 Å². The van der Waals surface area contributed by atoms with Gasteiger partial charge in [-0.2, -0.15) is 0 Å². The molecule has 0 radical (unpaired) electrons. The fourth-order valence-electron chi connectivity index (χ4n) is 2.54. The lowest BCUT2D eigenvalue weighted by molar-refractivity contribution is -0.207. The van der Waals surface area contributed by atoms with Crippen LogP contribution in [-0.2, 0) is 0 Å². The quantitative estimate of drug-likeness (QED) is 0.756. The second kappa shape index (κ2) is 7.66. The van der Waals surface area contributed by atoms with E-state index in [1.165, 1.54) is 12.8 Å². The highest BCUT2D eigenvalue weighted by Crippen LogP contribution is 2.34. The van der Waals surface area contributed by atoms with Gasteiger partial charge in [0.15, 0.2) is 0 Å². The normalized spacial score (nSPS) is 16.4. The summed E-state index contributed by atoms with van der Waals surface area (Å²) in [5, 5.41) is 12.6. The number of ether oxygens (including phenoxy) is 2. The number of rotatable bonds is 6. The molecule has 1 aliphatic carbocycles. The smallest absolute Gasteiger partial charge is 0.129 e. The van der Waals surface area contributed by atoms with E-state index in [1.807, 2.05) is 32.0 Å². The molecule has 1 aromatic carbocycles. The molecule has 0 unspecified atom stereocenters. The average molecular weight is 293 g/mol. The van der Waals surface area contributed by atoms with Crippen LogP contribution < -0.4 is 14.6 Å².